The van der Waals surface area contributed by atoms with E-state index in [0.29, 0.717) is 0 Å². The van der Waals surface area contributed by atoms with Gasteiger partial charge in [-0.25, -0.2) is 0 Å². The van der Waals surface area contributed by atoms with Crippen LogP contribution in [0.25, 0.3) is 11.1 Å². The van der Waals surface area contributed by atoms with E-state index in [1.54, 1.807) is 13.2 Å². The Morgan fingerprint density at radius 3 is 2.67 bits per heavy atom. The van der Waals surface area contributed by atoms with E-state index in [2.05, 4.69) is 32.9 Å². The Morgan fingerprint density at radius 2 is 2.10 bits per heavy atom. The van der Waals surface area contributed by atoms with E-state index in [4.69, 9.17) is 14.6 Å². The van der Waals surface area contributed by atoms with Gasteiger partial charge in [-0.2, -0.15) is 0 Å². The molecule has 0 bridgehead atoms. The third kappa shape index (κ3) is 3.13. The zero-order valence-electron chi connectivity index (χ0n) is 13.5. The number of hydrogen-bond donors (Lipinski definition) is 1. The van der Waals surface area contributed by atoms with Crippen molar-refractivity contribution in [2.24, 2.45) is 0 Å². The molecule has 1 aliphatic rings. The second kappa shape index (κ2) is 5.94. The largest absolute Gasteiger partial charge is 0.496 e. The molecule has 1 aromatic rings. The van der Waals surface area contributed by atoms with Crippen LogP contribution in [0.4, 0.5) is 0 Å². The van der Waals surface area contributed by atoms with E-state index in [1.807, 2.05) is 13.0 Å². The van der Waals surface area contributed by atoms with Gasteiger partial charge in [0, 0.05) is 17.2 Å². The van der Waals surface area contributed by atoms with Crippen LogP contribution < -0.4 is 9.47 Å². The second-order valence-electron chi connectivity index (χ2n) is 5.85. The van der Waals surface area contributed by atoms with Crippen molar-refractivity contribution in [2.45, 2.75) is 39.7 Å². The maximum atomic E-state index is 9.11. The lowest BCUT2D eigenvalue weighted by molar-refractivity contribution is 0.157. The molecule has 2 rings (SSSR count). The van der Waals surface area contributed by atoms with Crippen molar-refractivity contribution in [3.8, 4) is 11.5 Å². The number of ether oxygens (including phenoxy) is 2. The average Bonchev–Trinajstić information content (AvgIpc) is 2.44. The minimum absolute atomic E-state index is 0.0199. The van der Waals surface area contributed by atoms with Gasteiger partial charge < -0.3 is 14.6 Å². The number of fused-ring (bicyclic) bond motifs is 1. The van der Waals surface area contributed by atoms with E-state index in [-0.39, 0.29) is 12.2 Å². The summed E-state index contributed by atoms with van der Waals surface area (Å²) in [6.07, 6.45) is 4.91. The molecule has 0 aliphatic carbocycles. The third-order valence-electron chi connectivity index (χ3n) is 3.75. The van der Waals surface area contributed by atoms with Gasteiger partial charge in [0.1, 0.15) is 17.1 Å². The molecule has 0 aromatic heterocycles. The first-order valence-electron chi connectivity index (χ1n) is 7.33. The third-order valence-corrected chi connectivity index (χ3v) is 3.75. The molecule has 1 N–H and O–H groups in total. The van der Waals surface area contributed by atoms with E-state index in [0.717, 1.165) is 34.6 Å². The van der Waals surface area contributed by atoms with Gasteiger partial charge in [0.25, 0.3) is 0 Å². The quantitative estimate of drug-likeness (QED) is 0.908. The zero-order valence-corrected chi connectivity index (χ0v) is 13.5. The summed E-state index contributed by atoms with van der Waals surface area (Å²) in [6, 6.07) is 4.05. The van der Waals surface area contributed by atoms with Crippen molar-refractivity contribution >= 4 is 11.1 Å². The number of aliphatic hydroxyl groups excluding tert-OH is 1. The molecule has 3 nitrogen and oxygen atoms in total. The fourth-order valence-electron chi connectivity index (χ4n) is 2.72. The first kappa shape index (κ1) is 15.6. The summed E-state index contributed by atoms with van der Waals surface area (Å²) in [5, 5.41) is 9.11. The standard InChI is InChI=1S/C18H24O3/c1-6-13-11-18(3,4)21-17-10-16(20-5)14(9-15(13)17)12(2)7-8-19/h7,9-11,19H,6,8H2,1-5H3/b12-7-. The Kier molecular flexibility index (Phi) is 4.43. The van der Waals surface area contributed by atoms with Crippen molar-refractivity contribution in [1.29, 1.82) is 0 Å². The Labute approximate surface area is 126 Å². The van der Waals surface area contributed by atoms with Crippen LogP contribution in [0.3, 0.4) is 0 Å². The molecule has 0 amide bonds. The highest BCUT2D eigenvalue weighted by atomic mass is 16.5. The van der Waals surface area contributed by atoms with Gasteiger partial charge in [0.05, 0.1) is 13.7 Å². The molecule has 0 saturated carbocycles. The molecular formula is C18H24O3. The maximum Gasteiger partial charge on any atom is 0.131 e. The maximum absolute atomic E-state index is 9.11. The molecule has 0 fully saturated rings. The Balaban J connectivity index is 2.62. The fraction of sp³-hybridized carbons (Fsp3) is 0.444. The van der Waals surface area contributed by atoms with Gasteiger partial charge in [0.15, 0.2) is 0 Å². The van der Waals surface area contributed by atoms with Gasteiger partial charge in [-0.05, 0) is 50.5 Å². The summed E-state index contributed by atoms with van der Waals surface area (Å²) in [5.74, 6) is 1.63. The highest BCUT2D eigenvalue weighted by Gasteiger charge is 2.27. The highest BCUT2D eigenvalue weighted by Crippen LogP contribution is 2.42. The van der Waals surface area contributed by atoms with Crippen LogP contribution in [0.1, 0.15) is 45.2 Å². The molecule has 3 heteroatoms. The number of hydrogen-bond acceptors (Lipinski definition) is 3. The lowest BCUT2D eigenvalue weighted by Crippen LogP contribution is -2.29. The molecule has 0 atom stereocenters. The molecule has 1 aliphatic heterocycles. The molecule has 1 heterocycles. The fourth-order valence-corrected chi connectivity index (χ4v) is 2.72. The van der Waals surface area contributed by atoms with Crippen LogP contribution in [0.15, 0.2) is 24.3 Å². The number of aliphatic hydroxyl groups is 1. The SMILES string of the molecule is CCC1=CC(C)(C)Oc2cc(OC)c(/C(C)=C\CO)cc21. The van der Waals surface area contributed by atoms with Crippen molar-refractivity contribution in [3.63, 3.8) is 0 Å². The number of allylic oxidation sites excluding steroid dienone is 2. The lowest BCUT2D eigenvalue weighted by Gasteiger charge is -2.32. The van der Waals surface area contributed by atoms with Gasteiger partial charge in [-0.3, -0.25) is 0 Å². The molecular weight excluding hydrogens is 264 g/mol. The van der Waals surface area contributed by atoms with Crippen LogP contribution in [0.5, 0.6) is 11.5 Å². The molecule has 0 spiro atoms. The first-order valence-corrected chi connectivity index (χ1v) is 7.33. The summed E-state index contributed by atoms with van der Waals surface area (Å²) in [6.45, 7) is 8.26. The summed E-state index contributed by atoms with van der Waals surface area (Å²) in [7, 11) is 1.65. The van der Waals surface area contributed by atoms with E-state index < -0.39 is 0 Å². The Hall–Kier alpha value is -1.74. The van der Waals surface area contributed by atoms with Crippen LogP contribution in [0.2, 0.25) is 0 Å². The predicted octanol–water partition coefficient (Wildman–Crippen LogP) is 4.06. The van der Waals surface area contributed by atoms with Crippen molar-refractivity contribution in [1.82, 2.24) is 0 Å². The molecule has 21 heavy (non-hydrogen) atoms. The van der Waals surface area contributed by atoms with Gasteiger partial charge >= 0.3 is 0 Å². The molecule has 0 saturated heterocycles. The minimum atomic E-state index is -0.305. The topological polar surface area (TPSA) is 38.7 Å². The summed E-state index contributed by atoms with van der Waals surface area (Å²) in [4.78, 5) is 0. The van der Waals surface area contributed by atoms with Gasteiger partial charge in [-0.15, -0.1) is 0 Å². The van der Waals surface area contributed by atoms with E-state index in [1.165, 1.54) is 5.57 Å². The Bertz CT molecular complexity index is 595. The zero-order chi connectivity index (χ0) is 15.6. The van der Waals surface area contributed by atoms with Crippen LogP contribution in [-0.2, 0) is 0 Å². The molecule has 114 valence electrons. The number of methoxy groups -OCH3 is 1. The Morgan fingerprint density at radius 1 is 1.38 bits per heavy atom. The second-order valence-corrected chi connectivity index (χ2v) is 5.85. The molecule has 0 radical (unpaired) electrons. The van der Waals surface area contributed by atoms with Gasteiger partial charge in [0.2, 0.25) is 0 Å². The highest BCUT2D eigenvalue weighted by molar-refractivity contribution is 5.80. The molecule has 0 unspecified atom stereocenters. The first-order chi connectivity index (χ1) is 9.91. The van der Waals surface area contributed by atoms with Crippen LogP contribution in [0, 0.1) is 0 Å². The van der Waals surface area contributed by atoms with Crippen molar-refractivity contribution in [3.05, 3.63) is 35.4 Å². The number of benzene rings is 1. The molecule has 1 aromatic carbocycles. The average molecular weight is 288 g/mol. The summed E-state index contributed by atoms with van der Waals surface area (Å²) in [5.41, 5.74) is 4.08. The van der Waals surface area contributed by atoms with Crippen LogP contribution >= 0.6 is 0 Å². The van der Waals surface area contributed by atoms with E-state index >= 15 is 0 Å². The van der Waals surface area contributed by atoms with Crippen LogP contribution in [-0.4, -0.2) is 24.4 Å². The summed E-state index contributed by atoms with van der Waals surface area (Å²) < 4.78 is 11.6. The van der Waals surface area contributed by atoms with Crippen molar-refractivity contribution in [2.75, 3.05) is 13.7 Å². The minimum Gasteiger partial charge on any atom is -0.496 e. The monoisotopic (exact) mass is 288 g/mol. The van der Waals surface area contributed by atoms with Crippen molar-refractivity contribution < 1.29 is 14.6 Å². The lowest BCUT2D eigenvalue weighted by atomic mass is 9.90. The normalized spacial score (nSPS) is 16.9. The predicted molar refractivity (Wildman–Crippen MR) is 86.7 cm³/mol. The smallest absolute Gasteiger partial charge is 0.131 e. The van der Waals surface area contributed by atoms with E-state index in [9.17, 15) is 0 Å². The van der Waals surface area contributed by atoms with Gasteiger partial charge in [-0.1, -0.05) is 13.0 Å². The summed E-state index contributed by atoms with van der Waals surface area (Å²) >= 11 is 0. The number of rotatable bonds is 4.